The van der Waals surface area contributed by atoms with Crippen LogP contribution in [0.25, 0.3) is 21.8 Å². The van der Waals surface area contributed by atoms with Gasteiger partial charge in [-0.3, -0.25) is 15.1 Å². The number of aromatic amines is 1. The van der Waals surface area contributed by atoms with Crippen LogP contribution >= 0.6 is 0 Å². The lowest BCUT2D eigenvalue weighted by Crippen LogP contribution is -2.28. The summed E-state index contributed by atoms with van der Waals surface area (Å²) in [5.74, 6) is -2.02. The van der Waals surface area contributed by atoms with Crippen molar-refractivity contribution in [3.8, 4) is 17.2 Å². The molecule has 2 aromatic heterocycles. The van der Waals surface area contributed by atoms with Crippen LogP contribution in [0.2, 0.25) is 0 Å². The van der Waals surface area contributed by atoms with Crippen molar-refractivity contribution in [3.63, 3.8) is 0 Å². The first kappa shape index (κ1) is 23.7. The van der Waals surface area contributed by atoms with Gasteiger partial charge < -0.3 is 14.2 Å². The third-order valence-corrected chi connectivity index (χ3v) is 5.07. The summed E-state index contributed by atoms with van der Waals surface area (Å²) in [6.07, 6.45) is -5.23. The van der Waals surface area contributed by atoms with E-state index in [2.05, 4.69) is 30.0 Å². The minimum Gasteiger partial charge on any atom is -0.497 e. The molecule has 2 aromatic carbocycles. The number of alkyl halides is 3. The average Bonchev–Trinajstić information content (AvgIpc) is 2.79. The Morgan fingerprint density at radius 2 is 1.74 bits per heavy atom. The lowest BCUT2D eigenvalue weighted by Gasteiger charge is -2.13. The molecule has 0 saturated carbocycles. The number of carbonyl (C=O) groups excluding carboxylic acids is 1. The number of methoxy groups -OCH3 is 2. The number of aromatic nitrogens is 4. The Labute approximate surface area is 195 Å². The Morgan fingerprint density at radius 3 is 2.40 bits per heavy atom. The number of aryl methyl sites for hydroxylation is 2. The Bertz CT molecular complexity index is 1530. The number of nitrogens with one attached hydrogen (secondary N) is 2. The van der Waals surface area contributed by atoms with E-state index in [4.69, 9.17) is 9.47 Å². The lowest BCUT2D eigenvalue weighted by molar-refractivity contribution is -0.189. The second-order valence-corrected chi connectivity index (χ2v) is 7.39. The van der Waals surface area contributed by atoms with Gasteiger partial charge in [0.15, 0.2) is 0 Å². The van der Waals surface area contributed by atoms with Crippen LogP contribution in [0.15, 0.2) is 29.1 Å². The number of hydrogen-bond donors (Lipinski definition) is 2. The molecule has 10 nitrogen and oxygen atoms in total. The first-order valence-corrected chi connectivity index (χ1v) is 10.0. The highest BCUT2D eigenvalue weighted by molar-refractivity contribution is 5.91. The van der Waals surface area contributed by atoms with Gasteiger partial charge in [0.05, 0.1) is 25.4 Å². The number of fused-ring (bicyclic) bond motifs is 2. The van der Waals surface area contributed by atoms with Gasteiger partial charge in [0.2, 0.25) is 11.9 Å². The highest BCUT2D eigenvalue weighted by Crippen LogP contribution is 2.32. The molecule has 0 saturated heterocycles. The van der Waals surface area contributed by atoms with Crippen LogP contribution in [0.5, 0.6) is 17.2 Å². The predicted molar refractivity (Wildman–Crippen MR) is 119 cm³/mol. The van der Waals surface area contributed by atoms with Gasteiger partial charge in [0, 0.05) is 11.5 Å². The van der Waals surface area contributed by atoms with Crippen LogP contribution in [0.3, 0.4) is 0 Å². The van der Waals surface area contributed by atoms with Crippen LogP contribution in [-0.2, 0) is 4.79 Å². The molecule has 0 aliphatic carbocycles. The fourth-order valence-electron chi connectivity index (χ4n) is 3.41. The summed E-state index contributed by atoms with van der Waals surface area (Å²) in [5.41, 5.74) is 0.721. The van der Waals surface area contributed by atoms with Crippen LogP contribution in [0.4, 0.5) is 25.1 Å². The maximum absolute atomic E-state index is 12.8. The maximum atomic E-state index is 12.8. The number of rotatable bonds is 5. The van der Waals surface area contributed by atoms with Crippen LogP contribution in [-0.4, -0.2) is 46.3 Å². The Kier molecular flexibility index (Phi) is 5.92. The van der Waals surface area contributed by atoms with Crippen molar-refractivity contribution in [2.45, 2.75) is 20.0 Å². The summed E-state index contributed by atoms with van der Waals surface area (Å²) in [6.45, 7) is 3.35. The van der Waals surface area contributed by atoms with Crippen molar-refractivity contribution in [2.24, 2.45) is 0 Å². The van der Waals surface area contributed by atoms with Crippen LogP contribution < -0.4 is 25.1 Å². The summed E-state index contributed by atoms with van der Waals surface area (Å²) in [6, 6.07) is 5.89. The molecule has 0 bridgehead atoms. The molecule has 2 heterocycles. The maximum Gasteiger partial charge on any atom is 0.491 e. The molecular weight excluding hydrogens is 471 g/mol. The van der Waals surface area contributed by atoms with E-state index in [0.29, 0.717) is 33.7 Å². The van der Waals surface area contributed by atoms with Crippen LogP contribution in [0, 0.1) is 13.8 Å². The highest BCUT2D eigenvalue weighted by Gasteiger charge is 2.41. The summed E-state index contributed by atoms with van der Waals surface area (Å²) in [5, 5.41) is 3.17. The first-order valence-electron chi connectivity index (χ1n) is 10.0. The van der Waals surface area contributed by atoms with E-state index < -0.39 is 23.5 Å². The fourth-order valence-corrected chi connectivity index (χ4v) is 3.41. The van der Waals surface area contributed by atoms with E-state index in [1.165, 1.54) is 20.3 Å². The third kappa shape index (κ3) is 4.52. The van der Waals surface area contributed by atoms with Crippen molar-refractivity contribution in [1.29, 1.82) is 0 Å². The number of H-pyrrole nitrogens is 1. The van der Waals surface area contributed by atoms with Crippen molar-refractivity contribution in [1.82, 2.24) is 19.9 Å². The smallest absolute Gasteiger partial charge is 0.491 e. The van der Waals surface area contributed by atoms with Crippen molar-refractivity contribution >= 4 is 39.7 Å². The Hall–Kier alpha value is -4.42. The monoisotopic (exact) mass is 489 g/mol. The summed E-state index contributed by atoms with van der Waals surface area (Å²) < 4.78 is 53.0. The molecular formula is C22H18F3N5O5. The molecule has 182 valence electrons. The third-order valence-electron chi connectivity index (χ3n) is 5.07. The minimum absolute atomic E-state index is 0.0311. The average molecular weight is 489 g/mol. The molecule has 0 unspecified atom stereocenters. The second kappa shape index (κ2) is 8.74. The first-order chi connectivity index (χ1) is 16.5. The summed E-state index contributed by atoms with van der Waals surface area (Å²) in [7, 11) is 3.00. The molecule has 2 N–H and O–H groups in total. The standard InChI is InChI=1S/C22H18F3N5O5/c1-9-5-6-13(35-19(32)22(23,24)25)15-16(9)27-21(29-18(15)31)30-20-26-10(2)12-7-11(33-3)8-14(34-4)17(12)28-20/h5-8H,1-4H3,(H2,26,27,28,29,30,31). The molecule has 35 heavy (non-hydrogen) atoms. The van der Waals surface area contributed by atoms with Gasteiger partial charge in [-0.05, 0) is 31.5 Å². The zero-order valence-electron chi connectivity index (χ0n) is 18.8. The van der Waals surface area contributed by atoms with Crippen molar-refractivity contribution in [2.75, 3.05) is 19.5 Å². The van der Waals surface area contributed by atoms with E-state index >= 15 is 0 Å². The van der Waals surface area contributed by atoms with Crippen molar-refractivity contribution < 1.29 is 32.2 Å². The predicted octanol–water partition coefficient (Wildman–Crippen LogP) is 3.71. The lowest BCUT2D eigenvalue weighted by atomic mass is 10.1. The Morgan fingerprint density at radius 1 is 1.00 bits per heavy atom. The number of esters is 1. The fraction of sp³-hybridized carbons (Fsp3) is 0.227. The van der Waals surface area contributed by atoms with Gasteiger partial charge in [-0.2, -0.15) is 13.2 Å². The van der Waals surface area contributed by atoms with E-state index in [0.717, 1.165) is 6.07 Å². The van der Waals surface area contributed by atoms with Gasteiger partial charge in [-0.1, -0.05) is 6.07 Å². The van der Waals surface area contributed by atoms with Gasteiger partial charge in [0.1, 0.15) is 28.2 Å². The number of nitrogens with zero attached hydrogens (tertiary/aromatic N) is 3. The molecule has 0 radical (unpaired) electrons. The number of carbonyl (C=O) groups is 1. The molecule has 0 atom stereocenters. The molecule has 4 aromatic rings. The van der Waals surface area contributed by atoms with Crippen molar-refractivity contribution in [3.05, 3.63) is 45.9 Å². The zero-order valence-corrected chi connectivity index (χ0v) is 18.8. The molecule has 0 aliphatic rings. The van der Waals surface area contributed by atoms with E-state index in [1.54, 1.807) is 26.0 Å². The number of anilines is 2. The molecule has 0 fully saturated rings. The second-order valence-electron chi connectivity index (χ2n) is 7.39. The summed E-state index contributed by atoms with van der Waals surface area (Å²) in [4.78, 5) is 39.5. The SMILES string of the molecule is COc1cc(OC)c2nc(Nc3nc4c(C)ccc(OC(=O)C(F)(F)F)c4c(=O)[nH]3)nc(C)c2c1. The molecule has 0 amide bonds. The van der Waals surface area contributed by atoms with E-state index in [-0.39, 0.29) is 22.8 Å². The van der Waals surface area contributed by atoms with Gasteiger partial charge in [-0.25, -0.2) is 19.7 Å². The van der Waals surface area contributed by atoms with E-state index in [1.807, 2.05) is 0 Å². The highest BCUT2D eigenvalue weighted by atomic mass is 19.4. The molecule has 13 heteroatoms. The number of hydrogen-bond acceptors (Lipinski definition) is 9. The topological polar surface area (TPSA) is 128 Å². The molecule has 0 aliphatic heterocycles. The molecule has 0 spiro atoms. The summed E-state index contributed by atoms with van der Waals surface area (Å²) >= 11 is 0. The quantitative estimate of drug-likeness (QED) is 0.318. The van der Waals surface area contributed by atoms with Crippen LogP contribution in [0.1, 0.15) is 11.3 Å². The van der Waals surface area contributed by atoms with Gasteiger partial charge in [0.25, 0.3) is 5.56 Å². The number of benzene rings is 2. The number of halogens is 3. The zero-order chi connectivity index (χ0) is 25.5. The van der Waals surface area contributed by atoms with Gasteiger partial charge in [-0.15, -0.1) is 0 Å². The van der Waals surface area contributed by atoms with Gasteiger partial charge >= 0.3 is 12.1 Å². The minimum atomic E-state index is -5.23. The number of ether oxygens (including phenoxy) is 3. The largest absolute Gasteiger partial charge is 0.497 e. The molecule has 4 rings (SSSR count). The van der Waals surface area contributed by atoms with E-state index in [9.17, 15) is 22.8 Å². The Balaban J connectivity index is 1.78. The normalized spacial score (nSPS) is 11.5.